The van der Waals surface area contributed by atoms with Crippen LogP contribution in [0.5, 0.6) is 0 Å². The van der Waals surface area contributed by atoms with Crippen LogP contribution in [0.1, 0.15) is 52.4 Å². The molecule has 0 aromatic rings. The van der Waals surface area contributed by atoms with E-state index in [0.29, 0.717) is 5.41 Å². The van der Waals surface area contributed by atoms with E-state index in [9.17, 15) is 0 Å². The third-order valence-electron chi connectivity index (χ3n) is 3.52. The lowest BCUT2D eigenvalue weighted by Gasteiger charge is -2.37. The molecule has 2 aliphatic rings. The molecule has 0 atom stereocenters. The molecule has 0 saturated heterocycles. The summed E-state index contributed by atoms with van der Waals surface area (Å²) in [6.07, 6.45) is 10.7. The quantitative estimate of drug-likeness (QED) is 0.475. The van der Waals surface area contributed by atoms with Gasteiger partial charge in [-0.05, 0) is 50.4 Å². The number of hydrogen-bond donors (Lipinski definition) is 0. The molecule has 2 rings (SSSR count). The highest BCUT2D eigenvalue weighted by Crippen LogP contribution is 2.45. The molecule has 0 spiro atoms. The zero-order valence-electron chi connectivity index (χ0n) is 8.32. The standard InChI is InChI=1S/C12H19/c1-12(2)9-5-7-10-6-3-4-8-11(10)12/h4H,3,5-9H2,1-2H3. The molecular formula is C12H19. The molecular weight excluding hydrogens is 144 g/mol. The average Bonchev–Trinajstić information content (AvgIpc) is 2.04. The minimum Gasteiger partial charge on any atom is -0.0704 e. The molecule has 2 aliphatic carbocycles. The summed E-state index contributed by atoms with van der Waals surface area (Å²) in [6, 6.07) is 0. The summed E-state index contributed by atoms with van der Waals surface area (Å²) >= 11 is 0. The van der Waals surface area contributed by atoms with E-state index in [1.54, 1.807) is 11.1 Å². The summed E-state index contributed by atoms with van der Waals surface area (Å²) in [5, 5.41) is 0. The number of rotatable bonds is 0. The molecule has 0 bridgehead atoms. The van der Waals surface area contributed by atoms with E-state index in [1.807, 2.05) is 0 Å². The van der Waals surface area contributed by atoms with Crippen molar-refractivity contribution in [2.24, 2.45) is 5.41 Å². The van der Waals surface area contributed by atoms with Gasteiger partial charge in [0.1, 0.15) is 0 Å². The van der Waals surface area contributed by atoms with Crippen molar-refractivity contribution in [2.75, 3.05) is 0 Å². The highest BCUT2D eigenvalue weighted by Gasteiger charge is 2.30. The summed E-state index contributed by atoms with van der Waals surface area (Å²) in [6.45, 7) is 4.83. The second-order valence-corrected chi connectivity index (χ2v) is 4.85. The van der Waals surface area contributed by atoms with Crippen LogP contribution in [-0.2, 0) is 0 Å². The molecule has 0 aromatic carbocycles. The normalized spacial score (nSPS) is 28.5. The van der Waals surface area contributed by atoms with E-state index in [4.69, 9.17) is 0 Å². The van der Waals surface area contributed by atoms with Gasteiger partial charge >= 0.3 is 0 Å². The van der Waals surface area contributed by atoms with Gasteiger partial charge in [-0.15, -0.1) is 0 Å². The SMILES string of the molecule is CC1(C)CCCC2=C1C[CH]CC2. The summed E-state index contributed by atoms with van der Waals surface area (Å²) in [7, 11) is 0. The van der Waals surface area contributed by atoms with Crippen LogP contribution in [0.4, 0.5) is 0 Å². The molecule has 0 unspecified atom stereocenters. The first kappa shape index (κ1) is 8.34. The van der Waals surface area contributed by atoms with Crippen molar-refractivity contribution in [3.05, 3.63) is 17.6 Å². The van der Waals surface area contributed by atoms with Crippen LogP contribution in [0.2, 0.25) is 0 Å². The van der Waals surface area contributed by atoms with Gasteiger partial charge in [0, 0.05) is 0 Å². The van der Waals surface area contributed by atoms with Gasteiger partial charge < -0.3 is 0 Å². The maximum absolute atomic E-state index is 2.46. The highest BCUT2D eigenvalue weighted by molar-refractivity contribution is 5.27. The van der Waals surface area contributed by atoms with Crippen molar-refractivity contribution in [3.63, 3.8) is 0 Å². The van der Waals surface area contributed by atoms with Crippen molar-refractivity contribution in [1.82, 2.24) is 0 Å². The van der Waals surface area contributed by atoms with Crippen molar-refractivity contribution >= 4 is 0 Å². The fraction of sp³-hybridized carbons (Fsp3) is 0.750. The van der Waals surface area contributed by atoms with Gasteiger partial charge in [0.05, 0.1) is 0 Å². The third kappa shape index (κ3) is 1.32. The van der Waals surface area contributed by atoms with E-state index in [2.05, 4.69) is 20.3 Å². The van der Waals surface area contributed by atoms with E-state index in [-0.39, 0.29) is 0 Å². The van der Waals surface area contributed by atoms with Crippen molar-refractivity contribution in [1.29, 1.82) is 0 Å². The maximum Gasteiger partial charge on any atom is -0.0142 e. The molecule has 0 nitrogen and oxygen atoms in total. The molecule has 12 heavy (non-hydrogen) atoms. The van der Waals surface area contributed by atoms with Crippen LogP contribution in [-0.4, -0.2) is 0 Å². The molecule has 0 heterocycles. The maximum atomic E-state index is 2.46. The zero-order chi connectivity index (χ0) is 8.60. The second kappa shape index (κ2) is 2.90. The smallest absolute Gasteiger partial charge is 0.0142 e. The fourth-order valence-corrected chi connectivity index (χ4v) is 2.74. The molecule has 0 N–H and O–H groups in total. The van der Waals surface area contributed by atoms with Crippen molar-refractivity contribution < 1.29 is 0 Å². The van der Waals surface area contributed by atoms with Gasteiger partial charge in [-0.2, -0.15) is 0 Å². The van der Waals surface area contributed by atoms with E-state index < -0.39 is 0 Å². The van der Waals surface area contributed by atoms with Gasteiger partial charge in [0.2, 0.25) is 0 Å². The Bertz CT molecular complexity index is 204. The highest BCUT2D eigenvalue weighted by atomic mass is 14.4. The minimum absolute atomic E-state index is 0.518. The van der Waals surface area contributed by atoms with E-state index >= 15 is 0 Å². The molecule has 0 heteroatoms. The Morgan fingerprint density at radius 2 is 2.08 bits per heavy atom. The molecule has 0 amide bonds. The second-order valence-electron chi connectivity index (χ2n) is 4.85. The monoisotopic (exact) mass is 163 g/mol. The summed E-state index contributed by atoms with van der Waals surface area (Å²) in [4.78, 5) is 0. The lowest BCUT2D eigenvalue weighted by Crippen LogP contribution is -2.23. The van der Waals surface area contributed by atoms with Crippen LogP contribution in [0.15, 0.2) is 11.1 Å². The first-order valence-electron chi connectivity index (χ1n) is 5.23. The predicted molar refractivity (Wildman–Crippen MR) is 52.8 cm³/mol. The first-order valence-corrected chi connectivity index (χ1v) is 5.23. The number of allylic oxidation sites excluding steroid dienone is 2. The van der Waals surface area contributed by atoms with Gasteiger partial charge in [-0.3, -0.25) is 0 Å². The van der Waals surface area contributed by atoms with E-state index in [1.165, 1.54) is 38.5 Å². The van der Waals surface area contributed by atoms with Gasteiger partial charge in [0.25, 0.3) is 0 Å². The van der Waals surface area contributed by atoms with Crippen molar-refractivity contribution in [2.45, 2.75) is 52.4 Å². The van der Waals surface area contributed by atoms with Crippen molar-refractivity contribution in [3.8, 4) is 0 Å². The Morgan fingerprint density at radius 3 is 2.83 bits per heavy atom. The Balaban J connectivity index is 2.30. The molecule has 0 saturated carbocycles. The average molecular weight is 163 g/mol. The topological polar surface area (TPSA) is 0 Å². The molecule has 1 radical (unpaired) electrons. The lowest BCUT2D eigenvalue weighted by atomic mass is 9.68. The molecule has 0 aromatic heterocycles. The predicted octanol–water partition coefficient (Wildman–Crippen LogP) is 3.88. The van der Waals surface area contributed by atoms with Crippen LogP contribution < -0.4 is 0 Å². The minimum atomic E-state index is 0.518. The third-order valence-corrected chi connectivity index (χ3v) is 3.52. The molecule has 0 fully saturated rings. The Labute approximate surface area is 76.1 Å². The van der Waals surface area contributed by atoms with Gasteiger partial charge in [0.15, 0.2) is 0 Å². The van der Waals surface area contributed by atoms with Gasteiger partial charge in [-0.1, -0.05) is 25.0 Å². The summed E-state index contributed by atoms with van der Waals surface area (Å²) in [5.41, 5.74) is 4.10. The molecule has 67 valence electrons. The van der Waals surface area contributed by atoms with Crippen LogP contribution >= 0.6 is 0 Å². The van der Waals surface area contributed by atoms with Gasteiger partial charge in [-0.25, -0.2) is 0 Å². The Hall–Kier alpha value is -0.260. The van der Waals surface area contributed by atoms with Crippen LogP contribution in [0.3, 0.4) is 0 Å². The zero-order valence-corrected chi connectivity index (χ0v) is 8.32. The number of hydrogen-bond acceptors (Lipinski definition) is 0. The largest absolute Gasteiger partial charge is 0.0704 e. The fourth-order valence-electron chi connectivity index (χ4n) is 2.74. The summed E-state index contributed by atoms with van der Waals surface area (Å²) in [5.74, 6) is 0. The molecule has 0 aliphatic heterocycles. The summed E-state index contributed by atoms with van der Waals surface area (Å²) < 4.78 is 0. The van der Waals surface area contributed by atoms with E-state index in [0.717, 1.165) is 0 Å². The Kier molecular flexibility index (Phi) is 2.02. The Morgan fingerprint density at radius 1 is 1.25 bits per heavy atom. The first-order chi connectivity index (χ1) is 5.70. The van der Waals surface area contributed by atoms with Crippen LogP contribution in [0, 0.1) is 11.8 Å². The lowest BCUT2D eigenvalue weighted by molar-refractivity contribution is 0.347. The van der Waals surface area contributed by atoms with Crippen LogP contribution in [0.25, 0.3) is 0 Å².